The molecule has 23 heavy (non-hydrogen) atoms. The summed E-state index contributed by atoms with van der Waals surface area (Å²) >= 11 is 5.92. The van der Waals surface area contributed by atoms with Crippen LogP contribution in [0, 0.1) is 11.3 Å². The first-order valence-corrected chi connectivity index (χ1v) is 8.51. The van der Waals surface area contributed by atoms with Crippen LogP contribution in [0.25, 0.3) is 10.9 Å². The van der Waals surface area contributed by atoms with Crippen molar-refractivity contribution < 1.29 is 8.42 Å². The number of benzene rings is 2. The first-order chi connectivity index (χ1) is 10.9. The summed E-state index contributed by atoms with van der Waals surface area (Å²) in [5.41, 5.74) is 1.47. The minimum Gasteiger partial charge on any atom is -0.360 e. The van der Waals surface area contributed by atoms with Crippen LogP contribution in [0.15, 0.2) is 53.6 Å². The van der Waals surface area contributed by atoms with Crippen molar-refractivity contribution in [1.29, 1.82) is 5.26 Å². The van der Waals surface area contributed by atoms with Crippen LogP contribution in [-0.2, 0) is 10.0 Å². The average molecular weight is 346 g/mol. The summed E-state index contributed by atoms with van der Waals surface area (Å²) in [6.07, 6.45) is 1.45. The molecule has 0 unspecified atom stereocenters. The third-order valence-electron chi connectivity index (χ3n) is 3.58. The number of aromatic nitrogens is 1. The standard InChI is InChI=1S/C16H12ClN3O2S/c1-20(13-4-2-3-11(7-13)9-18)23(21,22)16-10-19-15-8-12(17)5-6-14(15)16/h2-8,10,19H,1H3. The number of halogens is 1. The van der Waals surface area contributed by atoms with Gasteiger partial charge in [0.25, 0.3) is 10.0 Å². The van der Waals surface area contributed by atoms with Crippen LogP contribution in [-0.4, -0.2) is 20.4 Å². The molecule has 0 aliphatic rings. The molecule has 5 nitrogen and oxygen atoms in total. The predicted molar refractivity (Wildman–Crippen MR) is 90.1 cm³/mol. The minimum atomic E-state index is -3.76. The smallest absolute Gasteiger partial charge is 0.266 e. The number of H-pyrrole nitrogens is 1. The van der Waals surface area contributed by atoms with Crippen molar-refractivity contribution >= 4 is 38.2 Å². The lowest BCUT2D eigenvalue weighted by atomic mass is 10.2. The molecular formula is C16H12ClN3O2S. The highest BCUT2D eigenvalue weighted by molar-refractivity contribution is 7.93. The van der Waals surface area contributed by atoms with E-state index in [-0.39, 0.29) is 4.90 Å². The molecule has 0 aliphatic heterocycles. The Labute approximate surface area is 138 Å². The molecule has 0 aliphatic carbocycles. The second-order valence-electron chi connectivity index (χ2n) is 4.98. The summed E-state index contributed by atoms with van der Waals surface area (Å²) in [5, 5.41) is 10.1. The van der Waals surface area contributed by atoms with Crippen molar-refractivity contribution in [2.75, 3.05) is 11.4 Å². The number of rotatable bonds is 3. The van der Waals surface area contributed by atoms with Gasteiger partial charge in [0, 0.05) is 29.2 Å². The summed E-state index contributed by atoms with van der Waals surface area (Å²) in [7, 11) is -2.30. The molecule has 0 bridgehead atoms. The predicted octanol–water partition coefficient (Wildman–Crippen LogP) is 3.52. The maximum Gasteiger partial charge on any atom is 0.266 e. The number of nitrogens with one attached hydrogen (secondary N) is 1. The van der Waals surface area contributed by atoms with E-state index in [1.807, 2.05) is 6.07 Å². The zero-order chi connectivity index (χ0) is 16.6. The third-order valence-corrected chi connectivity index (χ3v) is 5.64. The lowest BCUT2D eigenvalue weighted by Crippen LogP contribution is -2.26. The van der Waals surface area contributed by atoms with E-state index < -0.39 is 10.0 Å². The quantitative estimate of drug-likeness (QED) is 0.789. The van der Waals surface area contributed by atoms with Gasteiger partial charge in [0.15, 0.2) is 0 Å². The highest BCUT2D eigenvalue weighted by Gasteiger charge is 2.25. The van der Waals surface area contributed by atoms with Gasteiger partial charge in [-0.05, 0) is 36.4 Å². The normalized spacial score (nSPS) is 11.3. The van der Waals surface area contributed by atoms with Crippen LogP contribution < -0.4 is 4.31 Å². The Bertz CT molecular complexity index is 1030. The van der Waals surface area contributed by atoms with E-state index in [1.54, 1.807) is 36.4 Å². The summed E-state index contributed by atoms with van der Waals surface area (Å²) in [4.78, 5) is 3.08. The van der Waals surface area contributed by atoms with Gasteiger partial charge in [-0.3, -0.25) is 4.31 Å². The summed E-state index contributed by atoms with van der Waals surface area (Å²) in [5.74, 6) is 0. The van der Waals surface area contributed by atoms with Gasteiger partial charge in [-0.2, -0.15) is 5.26 Å². The first-order valence-electron chi connectivity index (χ1n) is 6.69. The molecule has 3 aromatic rings. The van der Waals surface area contributed by atoms with Gasteiger partial charge in [-0.15, -0.1) is 0 Å². The van der Waals surface area contributed by atoms with Gasteiger partial charge in [-0.25, -0.2) is 8.42 Å². The van der Waals surface area contributed by atoms with E-state index in [1.165, 1.54) is 19.3 Å². The molecule has 0 radical (unpaired) electrons. The Morgan fingerprint density at radius 2 is 2.00 bits per heavy atom. The topological polar surface area (TPSA) is 77.0 Å². The minimum absolute atomic E-state index is 0.161. The molecule has 0 amide bonds. The van der Waals surface area contributed by atoms with Crippen molar-refractivity contribution in [3.8, 4) is 6.07 Å². The second kappa shape index (κ2) is 5.61. The van der Waals surface area contributed by atoms with Crippen LogP contribution in [0.5, 0.6) is 0 Å². The molecule has 0 saturated heterocycles. The van der Waals surface area contributed by atoms with Gasteiger partial charge < -0.3 is 4.98 Å². The summed E-state index contributed by atoms with van der Waals surface area (Å²) < 4.78 is 26.9. The van der Waals surface area contributed by atoms with Crippen LogP contribution in [0.4, 0.5) is 5.69 Å². The molecule has 1 heterocycles. The summed E-state index contributed by atoms with van der Waals surface area (Å²) in [6, 6.07) is 13.4. The van der Waals surface area contributed by atoms with E-state index in [0.29, 0.717) is 27.2 Å². The lowest BCUT2D eigenvalue weighted by Gasteiger charge is -2.19. The first kappa shape index (κ1) is 15.4. The Kier molecular flexibility index (Phi) is 3.76. The van der Waals surface area contributed by atoms with Crippen molar-refractivity contribution in [2.45, 2.75) is 4.90 Å². The van der Waals surface area contributed by atoms with Crippen molar-refractivity contribution in [3.05, 3.63) is 59.2 Å². The molecule has 2 aromatic carbocycles. The highest BCUT2D eigenvalue weighted by atomic mass is 35.5. The Balaban J connectivity index is 2.11. The van der Waals surface area contributed by atoms with E-state index in [4.69, 9.17) is 16.9 Å². The van der Waals surface area contributed by atoms with Crippen molar-refractivity contribution in [3.63, 3.8) is 0 Å². The van der Waals surface area contributed by atoms with Crippen molar-refractivity contribution in [1.82, 2.24) is 4.98 Å². The second-order valence-corrected chi connectivity index (χ2v) is 7.35. The highest BCUT2D eigenvalue weighted by Crippen LogP contribution is 2.29. The number of hydrogen-bond donors (Lipinski definition) is 1. The number of hydrogen-bond acceptors (Lipinski definition) is 3. The molecule has 1 aromatic heterocycles. The number of nitrogens with zero attached hydrogens (tertiary/aromatic N) is 2. The average Bonchev–Trinajstić information content (AvgIpc) is 2.97. The monoisotopic (exact) mass is 345 g/mol. The Hall–Kier alpha value is -2.49. The molecule has 3 rings (SSSR count). The third kappa shape index (κ3) is 2.65. The van der Waals surface area contributed by atoms with Gasteiger partial charge >= 0.3 is 0 Å². The fourth-order valence-corrected chi connectivity index (χ4v) is 3.86. The Morgan fingerprint density at radius 1 is 1.22 bits per heavy atom. The van der Waals surface area contributed by atoms with E-state index in [0.717, 1.165) is 4.31 Å². The van der Waals surface area contributed by atoms with Gasteiger partial charge in [0.2, 0.25) is 0 Å². The molecule has 7 heteroatoms. The van der Waals surface area contributed by atoms with Gasteiger partial charge in [-0.1, -0.05) is 17.7 Å². The molecule has 116 valence electrons. The molecule has 0 saturated carbocycles. The largest absolute Gasteiger partial charge is 0.360 e. The van der Waals surface area contributed by atoms with Crippen LogP contribution in [0.1, 0.15) is 5.56 Å². The number of sulfonamides is 1. The van der Waals surface area contributed by atoms with Gasteiger partial charge in [0.05, 0.1) is 17.3 Å². The molecule has 0 fully saturated rings. The van der Waals surface area contributed by atoms with E-state index in [2.05, 4.69) is 4.98 Å². The van der Waals surface area contributed by atoms with E-state index >= 15 is 0 Å². The fraction of sp³-hybridized carbons (Fsp3) is 0.0625. The van der Waals surface area contributed by atoms with Crippen molar-refractivity contribution in [2.24, 2.45) is 0 Å². The SMILES string of the molecule is CN(c1cccc(C#N)c1)S(=O)(=O)c1c[nH]c2cc(Cl)ccc12. The summed E-state index contributed by atoms with van der Waals surface area (Å²) in [6.45, 7) is 0. The fourth-order valence-electron chi connectivity index (χ4n) is 2.34. The van der Waals surface area contributed by atoms with E-state index in [9.17, 15) is 8.42 Å². The maximum absolute atomic E-state index is 12.9. The molecule has 0 atom stereocenters. The van der Waals surface area contributed by atoms with Crippen LogP contribution in [0.3, 0.4) is 0 Å². The lowest BCUT2D eigenvalue weighted by molar-refractivity contribution is 0.595. The number of anilines is 1. The molecule has 1 N–H and O–H groups in total. The molecular weight excluding hydrogens is 334 g/mol. The van der Waals surface area contributed by atoms with Crippen LogP contribution >= 0.6 is 11.6 Å². The maximum atomic E-state index is 12.9. The Morgan fingerprint density at radius 3 is 2.74 bits per heavy atom. The number of nitriles is 1. The number of fused-ring (bicyclic) bond motifs is 1. The molecule has 0 spiro atoms. The number of aromatic amines is 1. The van der Waals surface area contributed by atoms with Gasteiger partial charge in [0.1, 0.15) is 4.90 Å². The zero-order valence-corrected chi connectivity index (χ0v) is 13.7. The van der Waals surface area contributed by atoms with Crippen LogP contribution in [0.2, 0.25) is 5.02 Å². The zero-order valence-electron chi connectivity index (χ0n) is 12.1.